The number of rotatable bonds is 4. The Hall–Kier alpha value is -2.11. The van der Waals surface area contributed by atoms with Gasteiger partial charge in [-0.25, -0.2) is 8.78 Å². The van der Waals surface area contributed by atoms with E-state index in [0.29, 0.717) is 17.9 Å². The summed E-state index contributed by atoms with van der Waals surface area (Å²) >= 11 is 0. The maximum Gasteiger partial charge on any atom is 0.265 e. The molecular formula is C14H18F2N4. The van der Waals surface area contributed by atoms with Crippen molar-refractivity contribution in [3.05, 3.63) is 40.7 Å². The summed E-state index contributed by atoms with van der Waals surface area (Å²) in [5, 5.41) is 7.35. The van der Waals surface area contributed by atoms with Crippen LogP contribution in [0, 0.1) is 13.8 Å². The average Bonchev–Trinajstić information content (AvgIpc) is 2.62. The zero-order valence-corrected chi connectivity index (χ0v) is 11.7. The molecule has 0 radical (unpaired) electrons. The van der Waals surface area contributed by atoms with Crippen molar-refractivity contribution in [3.63, 3.8) is 0 Å². The van der Waals surface area contributed by atoms with Crippen LogP contribution in [0.4, 0.5) is 20.2 Å². The lowest BCUT2D eigenvalue weighted by molar-refractivity contribution is 0.152. The summed E-state index contributed by atoms with van der Waals surface area (Å²) in [5.41, 5.74) is 9.13. The van der Waals surface area contributed by atoms with Gasteiger partial charge in [0, 0.05) is 41.8 Å². The summed E-state index contributed by atoms with van der Waals surface area (Å²) in [6.07, 6.45) is -2.56. The molecular weight excluding hydrogens is 262 g/mol. The van der Waals surface area contributed by atoms with Gasteiger partial charge in [0.15, 0.2) is 0 Å². The molecule has 0 spiro atoms. The van der Waals surface area contributed by atoms with Gasteiger partial charge in [-0.1, -0.05) is 0 Å². The predicted molar refractivity (Wildman–Crippen MR) is 75.8 cm³/mol. The Labute approximate surface area is 116 Å². The monoisotopic (exact) mass is 280 g/mol. The molecule has 1 aromatic heterocycles. The summed E-state index contributed by atoms with van der Waals surface area (Å²) in [7, 11) is 1.86. The second-order valence-electron chi connectivity index (χ2n) is 4.77. The Balaban J connectivity index is 2.23. The van der Waals surface area contributed by atoms with Crippen LogP contribution in [0.15, 0.2) is 18.2 Å². The lowest BCUT2D eigenvalue weighted by Gasteiger charge is -2.12. The van der Waals surface area contributed by atoms with Crippen LogP contribution in [-0.4, -0.2) is 9.78 Å². The zero-order valence-electron chi connectivity index (χ0n) is 11.7. The van der Waals surface area contributed by atoms with Gasteiger partial charge in [0.25, 0.3) is 6.43 Å². The number of hydrogen-bond acceptors (Lipinski definition) is 3. The Bertz CT molecular complexity index is 620. The van der Waals surface area contributed by atoms with Crippen LogP contribution in [0.25, 0.3) is 0 Å². The van der Waals surface area contributed by atoms with E-state index in [1.54, 1.807) is 16.8 Å². The molecule has 0 aliphatic rings. The van der Waals surface area contributed by atoms with Crippen molar-refractivity contribution in [1.29, 1.82) is 0 Å². The number of benzene rings is 1. The van der Waals surface area contributed by atoms with Gasteiger partial charge in [-0.3, -0.25) is 4.68 Å². The third-order valence-corrected chi connectivity index (χ3v) is 3.43. The molecule has 1 aromatic carbocycles. The fourth-order valence-corrected chi connectivity index (χ4v) is 2.18. The number of nitrogen functional groups attached to an aromatic ring is 1. The highest BCUT2D eigenvalue weighted by Gasteiger charge is 2.15. The van der Waals surface area contributed by atoms with Crippen molar-refractivity contribution in [3.8, 4) is 0 Å². The Morgan fingerprint density at radius 2 is 2.05 bits per heavy atom. The van der Waals surface area contributed by atoms with Crippen molar-refractivity contribution in [2.45, 2.75) is 26.8 Å². The van der Waals surface area contributed by atoms with E-state index in [1.165, 1.54) is 6.07 Å². The van der Waals surface area contributed by atoms with Crippen molar-refractivity contribution in [2.24, 2.45) is 7.05 Å². The Kier molecular flexibility index (Phi) is 3.92. The van der Waals surface area contributed by atoms with Crippen LogP contribution in [0.2, 0.25) is 0 Å². The van der Waals surface area contributed by atoms with Crippen molar-refractivity contribution >= 4 is 11.4 Å². The number of aromatic nitrogens is 2. The van der Waals surface area contributed by atoms with Gasteiger partial charge in [-0.15, -0.1) is 0 Å². The van der Waals surface area contributed by atoms with E-state index in [0.717, 1.165) is 17.0 Å². The van der Waals surface area contributed by atoms with Crippen LogP contribution < -0.4 is 11.1 Å². The second-order valence-corrected chi connectivity index (χ2v) is 4.77. The van der Waals surface area contributed by atoms with E-state index in [-0.39, 0.29) is 5.56 Å². The number of nitrogens with one attached hydrogen (secondary N) is 1. The molecule has 0 atom stereocenters. The van der Waals surface area contributed by atoms with Gasteiger partial charge in [-0.05, 0) is 32.0 Å². The number of aryl methyl sites for hydroxylation is 2. The first-order valence-corrected chi connectivity index (χ1v) is 6.30. The van der Waals surface area contributed by atoms with Crippen molar-refractivity contribution in [2.75, 3.05) is 11.1 Å². The van der Waals surface area contributed by atoms with Crippen LogP contribution in [0.1, 0.15) is 28.9 Å². The standard InChI is InChI=1S/C14H18F2N4/c1-8-12(9(2)20(3)19-8)7-18-13-5-4-10(17)6-11(13)14(15)16/h4-6,14,18H,7,17H2,1-3H3. The first-order valence-electron chi connectivity index (χ1n) is 6.30. The summed E-state index contributed by atoms with van der Waals surface area (Å²) in [6, 6.07) is 4.49. The van der Waals surface area contributed by atoms with Gasteiger partial charge in [0.2, 0.25) is 0 Å². The minimum Gasteiger partial charge on any atom is -0.399 e. The van der Waals surface area contributed by atoms with E-state index >= 15 is 0 Å². The molecule has 108 valence electrons. The van der Waals surface area contributed by atoms with Gasteiger partial charge < -0.3 is 11.1 Å². The van der Waals surface area contributed by atoms with E-state index in [4.69, 9.17) is 5.73 Å². The minimum absolute atomic E-state index is 0.0794. The summed E-state index contributed by atoms with van der Waals surface area (Å²) in [4.78, 5) is 0. The molecule has 0 aliphatic heterocycles. The highest BCUT2D eigenvalue weighted by Crippen LogP contribution is 2.29. The molecule has 2 aromatic rings. The number of nitrogens with two attached hydrogens (primary N) is 1. The molecule has 0 aliphatic carbocycles. The lowest BCUT2D eigenvalue weighted by Crippen LogP contribution is -2.05. The quantitative estimate of drug-likeness (QED) is 0.846. The van der Waals surface area contributed by atoms with Crippen LogP contribution >= 0.6 is 0 Å². The number of anilines is 2. The molecule has 0 bridgehead atoms. The molecule has 0 saturated carbocycles. The largest absolute Gasteiger partial charge is 0.399 e. The third-order valence-electron chi connectivity index (χ3n) is 3.43. The van der Waals surface area contributed by atoms with E-state index in [1.807, 2.05) is 20.9 Å². The summed E-state index contributed by atoms with van der Waals surface area (Å²) in [6.45, 7) is 4.31. The molecule has 4 nitrogen and oxygen atoms in total. The summed E-state index contributed by atoms with van der Waals surface area (Å²) in [5.74, 6) is 0. The van der Waals surface area contributed by atoms with Crippen LogP contribution in [0.3, 0.4) is 0 Å². The number of halogens is 2. The lowest BCUT2D eigenvalue weighted by atomic mass is 10.1. The Morgan fingerprint density at radius 3 is 2.60 bits per heavy atom. The number of hydrogen-bond donors (Lipinski definition) is 2. The average molecular weight is 280 g/mol. The van der Waals surface area contributed by atoms with Gasteiger partial charge in [0.05, 0.1) is 5.69 Å². The smallest absolute Gasteiger partial charge is 0.265 e. The zero-order chi connectivity index (χ0) is 14.9. The molecule has 20 heavy (non-hydrogen) atoms. The predicted octanol–water partition coefficient (Wildman–Crippen LogP) is 3.17. The number of alkyl halides is 2. The normalized spacial score (nSPS) is 11.1. The highest BCUT2D eigenvalue weighted by atomic mass is 19.3. The van der Waals surface area contributed by atoms with Crippen molar-refractivity contribution in [1.82, 2.24) is 9.78 Å². The molecule has 3 N–H and O–H groups in total. The van der Waals surface area contributed by atoms with Gasteiger partial charge in [-0.2, -0.15) is 5.10 Å². The van der Waals surface area contributed by atoms with Crippen molar-refractivity contribution < 1.29 is 8.78 Å². The third kappa shape index (κ3) is 2.74. The second kappa shape index (κ2) is 5.48. The van der Waals surface area contributed by atoms with Gasteiger partial charge in [0.1, 0.15) is 0 Å². The van der Waals surface area contributed by atoms with Crippen LogP contribution in [-0.2, 0) is 13.6 Å². The maximum absolute atomic E-state index is 13.0. The van der Waals surface area contributed by atoms with E-state index in [2.05, 4.69) is 10.4 Å². The van der Waals surface area contributed by atoms with Gasteiger partial charge >= 0.3 is 0 Å². The topological polar surface area (TPSA) is 55.9 Å². The highest BCUT2D eigenvalue weighted by molar-refractivity contribution is 5.59. The molecule has 6 heteroatoms. The fraction of sp³-hybridized carbons (Fsp3) is 0.357. The molecule has 0 unspecified atom stereocenters. The molecule has 0 fully saturated rings. The summed E-state index contributed by atoms with van der Waals surface area (Å²) < 4.78 is 27.7. The Morgan fingerprint density at radius 1 is 1.35 bits per heavy atom. The molecule has 0 saturated heterocycles. The first kappa shape index (κ1) is 14.3. The maximum atomic E-state index is 13.0. The molecule has 1 heterocycles. The minimum atomic E-state index is -2.56. The number of nitrogens with zero attached hydrogens (tertiary/aromatic N) is 2. The van der Waals surface area contributed by atoms with E-state index < -0.39 is 6.43 Å². The van der Waals surface area contributed by atoms with Crippen LogP contribution in [0.5, 0.6) is 0 Å². The first-order chi connectivity index (χ1) is 9.40. The SMILES string of the molecule is Cc1nn(C)c(C)c1CNc1ccc(N)cc1C(F)F. The van der Waals surface area contributed by atoms with E-state index in [9.17, 15) is 8.78 Å². The fourth-order valence-electron chi connectivity index (χ4n) is 2.18. The molecule has 2 rings (SSSR count). The molecule has 0 amide bonds.